The third-order valence-electron chi connectivity index (χ3n) is 3.25. The monoisotopic (exact) mass is 252 g/mol. The van der Waals surface area contributed by atoms with Crippen molar-refractivity contribution in [2.45, 2.75) is 20.3 Å². The van der Waals surface area contributed by atoms with E-state index in [2.05, 4.69) is 80.6 Å². The van der Waals surface area contributed by atoms with E-state index in [1.54, 1.807) is 5.20 Å². The van der Waals surface area contributed by atoms with E-state index >= 15 is 0 Å². The van der Waals surface area contributed by atoms with E-state index in [0.29, 0.717) is 0 Å². The molecule has 92 valence electrons. The third-order valence-corrected chi connectivity index (χ3v) is 6.50. The number of hydrogen-bond donors (Lipinski definition) is 0. The van der Waals surface area contributed by atoms with Crippen molar-refractivity contribution in [1.29, 1.82) is 0 Å². The smallest absolute Gasteiger partial charge is 0.0893 e. The zero-order valence-electron chi connectivity index (χ0n) is 11.1. The molecule has 0 unspecified atom stereocenters. The zero-order valence-corrected chi connectivity index (χ0v) is 12.3. The maximum atomic E-state index is 2.39. The number of benzene rings is 2. The first kappa shape index (κ1) is 12.8. The molecule has 0 amide bonds. The molecule has 0 bridgehead atoms. The first-order chi connectivity index (χ1) is 8.83. The zero-order chi connectivity index (χ0) is 12.8. The van der Waals surface area contributed by atoms with Gasteiger partial charge in [-0.05, 0) is 13.3 Å². The van der Waals surface area contributed by atoms with Crippen molar-refractivity contribution in [2.75, 3.05) is 0 Å². The molecule has 0 aliphatic rings. The van der Waals surface area contributed by atoms with Gasteiger partial charge < -0.3 is 0 Å². The summed E-state index contributed by atoms with van der Waals surface area (Å²) in [5.74, 6) is 0. The molecule has 0 aliphatic heterocycles. The Hall–Kier alpha value is -1.60. The molecule has 0 aliphatic carbocycles. The molecule has 0 nitrogen and oxygen atoms in total. The summed E-state index contributed by atoms with van der Waals surface area (Å²) in [5.41, 5.74) is 0. The SMILES string of the molecule is CC/C=C(\C)[SiH](c1ccccc1)c1ccccc1. The first-order valence-electron chi connectivity index (χ1n) is 6.59. The Morgan fingerprint density at radius 3 is 1.72 bits per heavy atom. The summed E-state index contributed by atoms with van der Waals surface area (Å²) in [4.78, 5) is 0. The molecule has 0 heterocycles. The van der Waals surface area contributed by atoms with Crippen LogP contribution in [0, 0.1) is 0 Å². The van der Waals surface area contributed by atoms with Crippen LogP contribution in [0.1, 0.15) is 20.3 Å². The summed E-state index contributed by atoms with van der Waals surface area (Å²) in [6, 6.07) is 21.9. The van der Waals surface area contributed by atoms with E-state index < -0.39 is 8.80 Å². The summed E-state index contributed by atoms with van der Waals surface area (Å²) in [6.07, 6.45) is 3.51. The van der Waals surface area contributed by atoms with Crippen molar-refractivity contribution in [3.8, 4) is 0 Å². The minimum atomic E-state index is -1.20. The average molecular weight is 252 g/mol. The number of hydrogen-bond acceptors (Lipinski definition) is 0. The molecule has 1 heteroatoms. The van der Waals surface area contributed by atoms with E-state index in [1.807, 2.05) is 0 Å². The van der Waals surface area contributed by atoms with Gasteiger partial charge in [-0.25, -0.2) is 0 Å². The van der Waals surface area contributed by atoms with Gasteiger partial charge in [-0.1, -0.05) is 89.2 Å². The summed E-state index contributed by atoms with van der Waals surface area (Å²) in [6.45, 7) is 4.51. The second-order valence-electron chi connectivity index (χ2n) is 4.61. The predicted octanol–water partition coefficient (Wildman–Crippen LogP) is 2.92. The van der Waals surface area contributed by atoms with E-state index in [4.69, 9.17) is 0 Å². The van der Waals surface area contributed by atoms with E-state index in [0.717, 1.165) is 6.42 Å². The fourth-order valence-corrected chi connectivity index (χ4v) is 5.57. The molecule has 18 heavy (non-hydrogen) atoms. The van der Waals surface area contributed by atoms with Crippen LogP contribution in [0.15, 0.2) is 71.9 Å². The first-order valence-corrected chi connectivity index (χ1v) is 8.32. The quantitative estimate of drug-likeness (QED) is 0.734. The maximum Gasteiger partial charge on any atom is 0.128 e. The molecule has 0 saturated carbocycles. The fourth-order valence-electron chi connectivity index (χ4n) is 2.45. The second-order valence-corrected chi connectivity index (χ2v) is 7.72. The van der Waals surface area contributed by atoms with Gasteiger partial charge in [0.25, 0.3) is 0 Å². The molecule has 2 aromatic carbocycles. The van der Waals surface area contributed by atoms with Crippen molar-refractivity contribution in [2.24, 2.45) is 0 Å². The lowest BCUT2D eigenvalue weighted by molar-refractivity contribution is 1.21. The molecular formula is C17H20Si. The fraction of sp³-hybridized carbons (Fsp3) is 0.176. The Bertz CT molecular complexity index is 460. The molecular weight excluding hydrogens is 232 g/mol. The minimum Gasteiger partial charge on any atom is -0.0893 e. The topological polar surface area (TPSA) is 0 Å². The second kappa shape index (κ2) is 6.36. The van der Waals surface area contributed by atoms with Crippen LogP contribution in [0.4, 0.5) is 0 Å². The van der Waals surface area contributed by atoms with Crippen LogP contribution in [-0.4, -0.2) is 8.80 Å². The van der Waals surface area contributed by atoms with Crippen LogP contribution in [0.25, 0.3) is 0 Å². The third kappa shape index (κ3) is 2.99. The van der Waals surface area contributed by atoms with Crippen LogP contribution in [0.3, 0.4) is 0 Å². The lowest BCUT2D eigenvalue weighted by Crippen LogP contribution is -2.43. The van der Waals surface area contributed by atoms with Crippen LogP contribution >= 0.6 is 0 Å². The molecule has 0 atom stereocenters. The largest absolute Gasteiger partial charge is 0.128 e. The van der Waals surface area contributed by atoms with Crippen molar-refractivity contribution < 1.29 is 0 Å². The van der Waals surface area contributed by atoms with Gasteiger partial charge in [-0.3, -0.25) is 0 Å². The Morgan fingerprint density at radius 2 is 1.33 bits per heavy atom. The van der Waals surface area contributed by atoms with E-state index in [9.17, 15) is 0 Å². The van der Waals surface area contributed by atoms with E-state index in [1.165, 1.54) is 10.4 Å². The number of allylic oxidation sites excluding steroid dienone is 2. The minimum absolute atomic E-state index is 1.12. The van der Waals surface area contributed by atoms with E-state index in [-0.39, 0.29) is 0 Å². The van der Waals surface area contributed by atoms with Crippen LogP contribution in [-0.2, 0) is 0 Å². The Morgan fingerprint density at radius 1 is 0.889 bits per heavy atom. The lowest BCUT2D eigenvalue weighted by Gasteiger charge is -2.17. The molecule has 0 spiro atoms. The van der Waals surface area contributed by atoms with Gasteiger partial charge in [0.05, 0.1) is 0 Å². The highest BCUT2D eigenvalue weighted by molar-refractivity contribution is 6.90. The molecule has 0 radical (unpaired) electrons. The highest BCUT2D eigenvalue weighted by Crippen LogP contribution is 2.04. The summed E-state index contributed by atoms with van der Waals surface area (Å²) in [5, 5.41) is 4.58. The maximum absolute atomic E-state index is 2.39. The van der Waals surface area contributed by atoms with Crippen molar-refractivity contribution >= 4 is 19.2 Å². The molecule has 0 fully saturated rings. The standard InChI is InChI=1S/C17H20Si/c1-3-10-15(2)18(16-11-6-4-7-12-16)17-13-8-5-9-14-17/h4-14,18H,3H2,1-2H3/b15-10+. The highest BCUT2D eigenvalue weighted by atomic mass is 28.3. The van der Waals surface area contributed by atoms with Gasteiger partial charge in [0.1, 0.15) is 8.80 Å². The number of rotatable bonds is 4. The van der Waals surface area contributed by atoms with Gasteiger partial charge in [-0.2, -0.15) is 0 Å². The predicted molar refractivity (Wildman–Crippen MR) is 83.3 cm³/mol. The molecule has 0 saturated heterocycles. The van der Waals surface area contributed by atoms with Crippen LogP contribution in [0.2, 0.25) is 0 Å². The van der Waals surface area contributed by atoms with Crippen molar-refractivity contribution in [3.05, 3.63) is 71.9 Å². The van der Waals surface area contributed by atoms with Gasteiger partial charge in [0.2, 0.25) is 0 Å². The molecule has 0 aromatic heterocycles. The van der Waals surface area contributed by atoms with Gasteiger partial charge >= 0.3 is 0 Å². The van der Waals surface area contributed by atoms with Gasteiger partial charge in [0, 0.05) is 0 Å². The van der Waals surface area contributed by atoms with Gasteiger partial charge in [0.15, 0.2) is 0 Å². The molecule has 2 aromatic rings. The average Bonchev–Trinajstić information content (AvgIpc) is 2.42. The normalized spacial score (nSPS) is 11.8. The molecule has 2 rings (SSSR count). The lowest BCUT2D eigenvalue weighted by atomic mass is 10.4. The van der Waals surface area contributed by atoms with Crippen LogP contribution < -0.4 is 10.4 Å². The Balaban J connectivity index is 2.45. The molecule has 0 N–H and O–H groups in total. The van der Waals surface area contributed by atoms with Crippen molar-refractivity contribution in [1.82, 2.24) is 0 Å². The van der Waals surface area contributed by atoms with Gasteiger partial charge in [-0.15, -0.1) is 0 Å². The Kier molecular flexibility index (Phi) is 4.54. The van der Waals surface area contributed by atoms with Crippen LogP contribution in [0.5, 0.6) is 0 Å². The summed E-state index contributed by atoms with van der Waals surface area (Å²) in [7, 11) is -1.20. The Labute approximate surface area is 112 Å². The van der Waals surface area contributed by atoms with Crippen molar-refractivity contribution in [3.63, 3.8) is 0 Å². The summed E-state index contributed by atoms with van der Waals surface area (Å²) >= 11 is 0. The summed E-state index contributed by atoms with van der Waals surface area (Å²) < 4.78 is 0. The highest BCUT2D eigenvalue weighted by Gasteiger charge is 2.17.